The third kappa shape index (κ3) is 3.34. The van der Waals surface area contributed by atoms with Crippen LogP contribution < -0.4 is 20.5 Å². The van der Waals surface area contributed by atoms with Gasteiger partial charge in [-0.3, -0.25) is 15.0 Å². The number of hydrogen-bond donors (Lipinski definition) is 1. The maximum Gasteiger partial charge on any atom is 0.281 e. The fraction of sp³-hybridized carbons (Fsp3) is 0.235. The number of hydrogen-bond acceptors (Lipinski definition) is 6. The zero-order valence-corrected chi connectivity index (χ0v) is 14.8. The van der Waals surface area contributed by atoms with Gasteiger partial charge in [0.15, 0.2) is 11.5 Å². The summed E-state index contributed by atoms with van der Waals surface area (Å²) in [5.41, 5.74) is 3.06. The van der Waals surface area contributed by atoms with E-state index in [1.54, 1.807) is 43.7 Å². The van der Waals surface area contributed by atoms with Crippen LogP contribution in [0.5, 0.6) is 11.5 Å². The van der Waals surface area contributed by atoms with Crippen molar-refractivity contribution in [3.8, 4) is 11.5 Å². The molecule has 0 atom stereocenters. The molecular weight excluding hydrogens is 342 g/mol. The molecule has 7 nitrogen and oxygen atoms in total. The summed E-state index contributed by atoms with van der Waals surface area (Å²) in [5, 5.41) is 2.29. The number of aryl methyl sites for hydroxylation is 1. The minimum Gasteiger partial charge on any atom is -0.493 e. The molecule has 0 saturated carbocycles. The van der Waals surface area contributed by atoms with Gasteiger partial charge in [0, 0.05) is 0 Å². The minimum atomic E-state index is -0.325. The summed E-state index contributed by atoms with van der Waals surface area (Å²) in [5.74, 6) is 1.24. The Bertz CT molecular complexity index is 993. The van der Waals surface area contributed by atoms with Gasteiger partial charge in [-0.2, -0.15) is 0 Å². The van der Waals surface area contributed by atoms with Crippen LogP contribution in [-0.4, -0.2) is 29.8 Å². The summed E-state index contributed by atoms with van der Waals surface area (Å²) < 4.78 is 11.6. The van der Waals surface area contributed by atoms with Gasteiger partial charge in [-0.15, -0.1) is 11.3 Å². The van der Waals surface area contributed by atoms with Crippen LogP contribution in [0.15, 0.2) is 34.4 Å². The van der Waals surface area contributed by atoms with Crippen molar-refractivity contribution in [3.63, 3.8) is 0 Å². The van der Waals surface area contributed by atoms with Crippen molar-refractivity contribution in [1.82, 2.24) is 9.66 Å². The highest BCUT2D eigenvalue weighted by Gasteiger charge is 2.13. The maximum atomic E-state index is 12.5. The fourth-order valence-corrected chi connectivity index (χ4v) is 3.29. The molecular formula is C17H17N3O4S. The van der Waals surface area contributed by atoms with Crippen LogP contribution in [0, 0.1) is 6.92 Å². The van der Waals surface area contributed by atoms with E-state index in [0.29, 0.717) is 27.5 Å². The molecule has 0 saturated heterocycles. The molecule has 0 aliphatic carbocycles. The monoisotopic (exact) mass is 359 g/mol. The van der Waals surface area contributed by atoms with Crippen LogP contribution in [0.3, 0.4) is 0 Å². The van der Waals surface area contributed by atoms with Crippen LogP contribution in [0.1, 0.15) is 11.4 Å². The van der Waals surface area contributed by atoms with Gasteiger partial charge < -0.3 is 9.47 Å². The summed E-state index contributed by atoms with van der Waals surface area (Å²) >= 11 is 1.39. The molecule has 1 N–H and O–H groups in total. The van der Waals surface area contributed by atoms with Crippen molar-refractivity contribution in [2.75, 3.05) is 19.6 Å². The highest BCUT2D eigenvalue weighted by atomic mass is 32.1. The van der Waals surface area contributed by atoms with Crippen molar-refractivity contribution < 1.29 is 14.3 Å². The Hall–Kier alpha value is -2.87. The van der Waals surface area contributed by atoms with Crippen molar-refractivity contribution in [1.29, 1.82) is 0 Å². The first kappa shape index (κ1) is 17.0. The first-order valence-electron chi connectivity index (χ1n) is 7.51. The van der Waals surface area contributed by atoms with Crippen molar-refractivity contribution >= 4 is 27.5 Å². The lowest BCUT2D eigenvalue weighted by Crippen LogP contribution is -2.36. The van der Waals surface area contributed by atoms with Crippen molar-refractivity contribution in [2.45, 2.75) is 13.3 Å². The number of benzene rings is 1. The molecule has 0 unspecified atom stereocenters. The van der Waals surface area contributed by atoms with Gasteiger partial charge in [-0.05, 0) is 36.1 Å². The molecule has 0 spiro atoms. The van der Waals surface area contributed by atoms with E-state index in [1.807, 2.05) is 0 Å². The number of amides is 1. The Balaban J connectivity index is 1.83. The molecule has 0 aliphatic rings. The third-order valence-corrected chi connectivity index (χ3v) is 4.52. The van der Waals surface area contributed by atoms with Crippen LogP contribution in [0.4, 0.5) is 0 Å². The van der Waals surface area contributed by atoms with Gasteiger partial charge in [0.1, 0.15) is 10.7 Å². The Labute approximate surface area is 147 Å². The first-order valence-corrected chi connectivity index (χ1v) is 8.39. The number of aromatic nitrogens is 2. The Morgan fingerprint density at radius 2 is 2.00 bits per heavy atom. The van der Waals surface area contributed by atoms with Crippen LogP contribution >= 0.6 is 11.3 Å². The van der Waals surface area contributed by atoms with E-state index in [9.17, 15) is 9.59 Å². The van der Waals surface area contributed by atoms with Crippen LogP contribution in [0.2, 0.25) is 0 Å². The molecule has 1 aromatic carbocycles. The van der Waals surface area contributed by atoms with E-state index in [1.165, 1.54) is 23.1 Å². The number of rotatable bonds is 5. The Kier molecular flexibility index (Phi) is 4.71. The lowest BCUT2D eigenvalue weighted by molar-refractivity contribution is -0.116. The molecule has 3 aromatic rings. The maximum absolute atomic E-state index is 12.5. The number of carbonyl (C=O) groups excluding carboxylic acids is 1. The second-order valence-corrected chi connectivity index (χ2v) is 6.23. The summed E-state index contributed by atoms with van der Waals surface area (Å²) in [6.45, 7) is 1.68. The van der Waals surface area contributed by atoms with E-state index >= 15 is 0 Å². The number of nitrogens with zero attached hydrogens (tertiary/aromatic N) is 2. The zero-order chi connectivity index (χ0) is 18.0. The summed E-state index contributed by atoms with van der Waals surface area (Å²) in [6, 6.07) is 6.94. The molecule has 8 heteroatoms. The van der Waals surface area contributed by atoms with Crippen molar-refractivity contribution in [3.05, 3.63) is 51.4 Å². The van der Waals surface area contributed by atoms with E-state index in [0.717, 1.165) is 5.56 Å². The Morgan fingerprint density at radius 3 is 2.72 bits per heavy atom. The average Bonchev–Trinajstić information content (AvgIpc) is 3.06. The van der Waals surface area contributed by atoms with Gasteiger partial charge in [-0.25, -0.2) is 9.66 Å². The number of thiophene rings is 1. The first-order chi connectivity index (χ1) is 12.0. The number of carbonyl (C=O) groups is 1. The van der Waals surface area contributed by atoms with Gasteiger partial charge in [0.2, 0.25) is 5.91 Å². The van der Waals surface area contributed by atoms with Gasteiger partial charge in [0.05, 0.1) is 26.0 Å². The molecule has 0 aliphatic heterocycles. The SMILES string of the molecule is COc1ccc(CC(=O)Nn2c(C)nc3sccc3c2=O)cc1OC. The molecule has 0 radical (unpaired) electrons. The zero-order valence-electron chi connectivity index (χ0n) is 14.0. The van der Waals surface area contributed by atoms with Gasteiger partial charge >= 0.3 is 0 Å². The molecule has 1 amide bonds. The number of ether oxygens (including phenoxy) is 2. The standard InChI is InChI=1S/C17H17N3O4S/c1-10-18-16-12(6-7-25-16)17(22)20(10)19-15(21)9-11-4-5-13(23-2)14(8-11)24-3/h4-8H,9H2,1-3H3,(H,19,21). The number of nitrogens with one attached hydrogen (secondary N) is 1. The third-order valence-electron chi connectivity index (χ3n) is 3.71. The normalized spacial score (nSPS) is 10.7. The predicted octanol–water partition coefficient (Wildman–Crippen LogP) is 2.10. The molecule has 0 fully saturated rings. The minimum absolute atomic E-state index is 0.0912. The van der Waals surface area contributed by atoms with E-state index < -0.39 is 0 Å². The average molecular weight is 359 g/mol. The van der Waals surface area contributed by atoms with E-state index in [2.05, 4.69) is 10.4 Å². The summed E-state index contributed by atoms with van der Waals surface area (Å²) in [4.78, 5) is 29.8. The highest BCUT2D eigenvalue weighted by Crippen LogP contribution is 2.27. The highest BCUT2D eigenvalue weighted by molar-refractivity contribution is 7.16. The van der Waals surface area contributed by atoms with Crippen LogP contribution in [-0.2, 0) is 11.2 Å². The molecule has 2 heterocycles. The van der Waals surface area contributed by atoms with Gasteiger partial charge in [0.25, 0.3) is 5.56 Å². The molecule has 130 valence electrons. The fourth-order valence-electron chi connectivity index (χ4n) is 2.49. The van der Waals surface area contributed by atoms with E-state index in [-0.39, 0.29) is 17.9 Å². The molecule has 2 aromatic heterocycles. The second-order valence-electron chi connectivity index (χ2n) is 5.34. The van der Waals surface area contributed by atoms with Crippen molar-refractivity contribution in [2.24, 2.45) is 0 Å². The molecule has 25 heavy (non-hydrogen) atoms. The summed E-state index contributed by atoms with van der Waals surface area (Å²) in [6.07, 6.45) is 0.0912. The lowest BCUT2D eigenvalue weighted by Gasteiger charge is -2.12. The van der Waals surface area contributed by atoms with E-state index in [4.69, 9.17) is 9.47 Å². The summed E-state index contributed by atoms with van der Waals surface area (Å²) in [7, 11) is 3.08. The smallest absolute Gasteiger partial charge is 0.281 e. The topological polar surface area (TPSA) is 82.5 Å². The van der Waals surface area contributed by atoms with Crippen LogP contribution in [0.25, 0.3) is 10.2 Å². The second kappa shape index (κ2) is 6.94. The van der Waals surface area contributed by atoms with Gasteiger partial charge in [-0.1, -0.05) is 6.07 Å². The quantitative estimate of drug-likeness (QED) is 0.754. The molecule has 3 rings (SSSR count). The largest absolute Gasteiger partial charge is 0.493 e. The molecule has 0 bridgehead atoms. The Morgan fingerprint density at radius 1 is 1.24 bits per heavy atom. The lowest BCUT2D eigenvalue weighted by atomic mass is 10.1. The number of fused-ring (bicyclic) bond motifs is 1. The predicted molar refractivity (Wildman–Crippen MR) is 96.2 cm³/mol. The number of methoxy groups -OCH3 is 2.